The lowest BCUT2D eigenvalue weighted by molar-refractivity contribution is 1.07. The molecular formula is C11H10BrClN2. The standard InChI is InChI=1S/C11H10BrClN2/c1-2-9-10(15-11(13)14-9)7-4-3-5-8(12)6-7/h3-6H,2H2,1H3,(H,14,15). The van der Waals surface area contributed by atoms with Crippen molar-refractivity contribution in [3.05, 3.63) is 39.7 Å². The van der Waals surface area contributed by atoms with E-state index in [4.69, 9.17) is 11.6 Å². The third-order valence-corrected chi connectivity index (χ3v) is 2.87. The van der Waals surface area contributed by atoms with E-state index in [-0.39, 0.29) is 0 Å². The maximum atomic E-state index is 5.86. The molecule has 4 heteroatoms. The molecule has 0 unspecified atom stereocenters. The number of imidazole rings is 1. The highest BCUT2D eigenvalue weighted by Crippen LogP contribution is 2.26. The van der Waals surface area contributed by atoms with Crippen LogP contribution >= 0.6 is 27.5 Å². The van der Waals surface area contributed by atoms with Gasteiger partial charge in [0.05, 0.1) is 5.69 Å². The molecule has 1 N–H and O–H groups in total. The molecule has 0 aliphatic rings. The molecule has 1 heterocycles. The van der Waals surface area contributed by atoms with Gasteiger partial charge in [-0.2, -0.15) is 0 Å². The number of benzene rings is 1. The first-order valence-electron chi connectivity index (χ1n) is 4.71. The van der Waals surface area contributed by atoms with Gasteiger partial charge in [-0.3, -0.25) is 0 Å². The van der Waals surface area contributed by atoms with E-state index in [0.717, 1.165) is 27.8 Å². The van der Waals surface area contributed by atoms with Crippen LogP contribution in [0.5, 0.6) is 0 Å². The van der Waals surface area contributed by atoms with Crippen molar-refractivity contribution in [1.82, 2.24) is 9.97 Å². The zero-order valence-electron chi connectivity index (χ0n) is 8.22. The van der Waals surface area contributed by atoms with Crippen LogP contribution in [0.4, 0.5) is 0 Å². The summed E-state index contributed by atoms with van der Waals surface area (Å²) in [5.41, 5.74) is 3.08. The number of nitrogens with zero attached hydrogens (tertiary/aromatic N) is 1. The molecule has 78 valence electrons. The van der Waals surface area contributed by atoms with Crippen LogP contribution in [0.15, 0.2) is 28.7 Å². The van der Waals surface area contributed by atoms with Crippen LogP contribution in [-0.2, 0) is 6.42 Å². The maximum absolute atomic E-state index is 5.86. The Morgan fingerprint density at radius 1 is 1.47 bits per heavy atom. The quantitative estimate of drug-likeness (QED) is 0.886. The Labute approximate surface area is 102 Å². The van der Waals surface area contributed by atoms with Crippen molar-refractivity contribution < 1.29 is 0 Å². The summed E-state index contributed by atoms with van der Waals surface area (Å²) in [6.07, 6.45) is 0.890. The van der Waals surface area contributed by atoms with E-state index >= 15 is 0 Å². The average Bonchev–Trinajstić information content (AvgIpc) is 2.59. The molecule has 0 amide bonds. The molecule has 0 spiro atoms. The summed E-state index contributed by atoms with van der Waals surface area (Å²) in [6.45, 7) is 2.07. The Kier molecular flexibility index (Phi) is 3.12. The summed E-state index contributed by atoms with van der Waals surface area (Å²) in [5, 5.41) is 0.446. The fourth-order valence-electron chi connectivity index (χ4n) is 1.51. The molecule has 2 rings (SSSR count). The fourth-order valence-corrected chi connectivity index (χ4v) is 2.11. The zero-order chi connectivity index (χ0) is 10.8. The lowest BCUT2D eigenvalue weighted by Crippen LogP contribution is -1.85. The molecule has 0 bridgehead atoms. The Morgan fingerprint density at radius 2 is 2.27 bits per heavy atom. The highest BCUT2D eigenvalue weighted by molar-refractivity contribution is 9.10. The summed E-state index contributed by atoms with van der Waals surface area (Å²) in [7, 11) is 0. The third kappa shape index (κ3) is 2.24. The summed E-state index contributed by atoms with van der Waals surface area (Å²) >= 11 is 9.30. The van der Waals surface area contributed by atoms with Gasteiger partial charge in [0.15, 0.2) is 0 Å². The largest absolute Gasteiger partial charge is 0.332 e. The predicted molar refractivity (Wildman–Crippen MR) is 66.1 cm³/mol. The van der Waals surface area contributed by atoms with E-state index in [0.29, 0.717) is 5.28 Å². The molecule has 0 atom stereocenters. The lowest BCUT2D eigenvalue weighted by Gasteiger charge is -2.00. The van der Waals surface area contributed by atoms with Gasteiger partial charge in [0.25, 0.3) is 0 Å². The first kappa shape index (κ1) is 10.7. The molecule has 2 aromatic rings. The number of nitrogens with one attached hydrogen (secondary N) is 1. The molecule has 1 aromatic carbocycles. The zero-order valence-corrected chi connectivity index (χ0v) is 10.6. The van der Waals surface area contributed by atoms with Gasteiger partial charge in [-0.15, -0.1) is 0 Å². The van der Waals surface area contributed by atoms with E-state index < -0.39 is 0 Å². The van der Waals surface area contributed by atoms with Crippen LogP contribution in [0, 0.1) is 0 Å². The maximum Gasteiger partial charge on any atom is 0.200 e. The van der Waals surface area contributed by atoms with Crippen LogP contribution in [0.1, 0.15) is 12.6 Å². The molecule has 0 aliphatic carbocycles. The minimum atomic E-state index is 0.446. The molecule has 2 nitrogen and oxygen atoms in total. The van der Waals surface area contributed by atoms with Gasteiger partial charge >= 0.3 is 0 Å². The number of aromatic nitrogens is 2. The Morgan fingerprint density at radius 3 is 2.93 bits per heavy atom. The number of rotatable bonds is 2. The normalized spacial score (nSPS) is 10.6. The van der Waals surface area contributed by atoms with Crippen molar-refractivity contribution in [2.45, 2.75) is 13.3 Å². The van der Waals surface area contributed by atoms with Crippen molar-refractivity contribution >= 4 is 27.5 Å². The molecule has 0 saturated carbocycles. The Balaban J connectivity index is 2.53. The highest BCUT2D eigenvalue weighted by atomic mass is 79.9. The topological polar surface area (TPSA) is 28.7 Å². The molecule has 15 heavy (non-hydrogen) atoms. The van der Waals surface area contributed by atoms with E-state index in [1.54, 1.807) is 0 Å². The minimum absolute atomic E-state index is 0.446. The molecule has 1 aromatic heterocycles. The lowest BCUT2D eigenvalue weighted by atomic mass is 10.1. The monoisotopic (exact) mass is 284 g/mol. The van der Waals surface area contributed by atoms with Crippen molar-refractivity contribution in [3.63, 3.8) is 0 Å². The highest BCUT2D eigenvalue weighted by Gasteiger charge is 2.09. The summed E-state index contributed by atoms with van der Waals surface area (Å²) in [4.78, 5) is 7.33. The minimum Gasteiger partial charge on any atom is -0.332 e. The van der Waals surface area contributed by atoms with Gasteiger partial charge in [0.1, 0.15) is 0 Å². The van der Waals surface area contributed by atoms with Crippen LogP contribution in [0.2, 0.25) is 5.28 Å². The average molecular weight is 286 g/mol. The van der Waals surface area contributed by atoms with E-state index in [9.17, 15) is 0 Å². The number of halogens is 2. The van der Waals surface area contributed by atoms with E-state index in [1.165, 1.54) is 0 Å². The van der Waals surface area contributed by atoms with Crippen LogP contribution in [0.3, 0.4) is 0 Å². The first-order chi connectivity index (χ1) is 7.20. The van der Waals surface area contributed by atoms with E-state index in [2.05, 4.69) is 32.8 Å². The van der Waals surface area contributed by atoms with Crippen LogP contribution in [-0.4, -0.2) is 9.97 Å². The molecular weight excluding hydrogens is 275 g/mol. The number of H-pyrrole nitrogens is 1. The summed E-state index contributed by atoms with van der Waals surface area (Å²) in [5.74, 6) is 0. The Bertz CT molecular complexity index is 479. The van der Waals surface area contributed by atoms with E-state index in [1.807, 2.05) is 24.3 Å². The van der Waals surface area contributed by atoms with Crippen molar-refractivity contribution in [1.29, 1.82) is 0 Å². The summed E-state index contributed by atoms with van der Waals surface area (Å²) < 4.78 is 1.04. The number of hydrogen-bond donors (Lipinski definition) is 1. The smallest absolute Gasteiger partial charge is 0.200 e. The molecule has 0 aliphatic heterocycles. The van der Waals surface area contributed by atoms with Gasteiger partial charge in [-0.05, 0) is 30.2 Å². The van der Waals surface area contributed by atoms with Gasteiger partial charge in [0.2, 0.25) is 5.28 Å². The van der Waals surface area contributed by atoms with Crippen LogP contribution in [0.25, 0.3) is 11.3 Å². The van der Waals surface area contributed by atoms with Crippen molar-refractivity contribution in [2.75, 3.05) is 0 Å². The van der Waals surface area contributed by atoms with Crippen molar-refractivity contribution in [3.8, 4) is 11.3 Å². The number of aryl methyl sites for hydroxylation is 1. The number of aromatic amines is 1. The van der Waals surface area contributed by atoms with Crippen LogP contribution < -0.4 is 0 Å². The first-order valence-corrected chi connectivity index (χ1v) is 5.88. The van der Waals surface area contributed by atoms with Crippen molar-refractivity contribution in [2.24, 2.45) is 0 Å². The fraction of sp³-hybridized carbons (Fsp3) is 0.182. The second kappa shape index (κ2) is 4.37. The van der Waals surface area contributed by atoms with Gasteiger partial charge in [-0.25, -0.2) is 4.98 Å². The number of hydrogen-bond acceptors (Lipinski definition) is 1. The van der Waals surface area contributed by atoms with Gasteiger partial charge in [0, 0.05) is 15.7 Å². The second-order valence-corrected chi connectivity index (χ2v) is 4.49. The van der Waals surface area contributed by atoms with Gasteiger partial charge < -0.3 is 4.98 Å². The summed E-state index contributed by atoms with van der Waals surface area (Å²) in [6, 6.07) is 8.03. The molecule has 0 radical (unpaired) electrons. The second-order valence-electron chi connectivity index (χ2n) is 3.22. The Hall–Kier alpha value is -0.800. The van der Waals surface area contributed by atoms with Gasteiger partial charge in [-0.1, -0.05) is 35.0 Å². The predicted octanol–water partition coefficient (Wildman–Crippen LogP) is 4.06. The SMILES string of the molecule is CCc1[nH]c(Cl)nc1-c1cccc(Br)c1. The molecule has 0 saturated heterocycles. The molecule has 0 fully saturated rings. The third-order valence-electron chi connectivity index (χ3n) is 2.20.